The summed E-state index contributed by atoms with van der Waals surface area (Å²) in [5.74, 6) is -0.972. The fourth-order valence-corrected chi connectivity index (χ4v) is 7.69. The number of alkyl halides is 1. The molecule has 1 aromatic rings. The molecule has 0 radical (unpaired) electrons. The average molecular weight is 370 g/mol. The third-order valence-electron chi connectivity index (χ3n) is 5.52. The van der Waals surface area contributed by atoms with Crippen LogP contribution in [0.5, 0.6) is 0 Å². The lowest BCUT2D eigenvalue weighted by Crippen LogP contribution is -2.63. The van der Waals surface area contributed by atoms with Crippen LogP contribution < -0.4 is 5.32 Å². The number of epoxide rings is 1. The summed E-state index contributed by atoms with van der Waals surface area (Å²) < 4.78 is 31.0. The van der Waals surface area contributed by atoms with Crippen molar-refractivity contribution < 1.29 is 17.9 Å². The van der Waals surface area contributed by atoms with E-state index < -0.39 is 25.9 Å². The lowest BCUT2D eigenvalue weighted by Gasteiger charge is -2.38. The second-order valence-corrected chi connectivity index (χ2v) is 9.83. The van der Waals surface area contributed by atoms with E-state index in [0.29, 0.717) is 6.42 Å². The van der Waals surface area contributed by atoms with Crippen molar-refractivity contribution in [2.24, 2.45) is 11.8 Å². The zero-order chi connectivity index (χ0) is 17.3. The van der Waals surface area contributed by atoms with Crippen molar-refractivity contribution in [3.8, 4) is 0 Å². The van der Waals surface area contributed by atoms with Crippen molar-refractivity contribution in [3.63, 3.8) is 0 Å². The number of amides is 1. The molecule has 24 heavy (non-hydrogen) atoms. The molecule has 3 fully saturated rings. The Morgan fingerprint density at radius 1 is 1.29 bits per heavy atom. The predicted molar refractivity (Wildman–Crippen MR) is 89.5 cm³/mol. The Kier molecular flexibility index (Phi) is 3.54. The number of nitrogens with one attached hydrogen (secondary N) is 1. The number of rotatable bonds is 4. The molecule has 1 N–H and O–H groups in total. The second kappa shape index (κ2) is 5.19. The van der Waals surface area contributed by atoms with Gasteiger partial charge in [-0.3, -0.25) is 4.79 Å². The maximum atomic E-state index is 13.5. The minimum absolute atomic E-state index is 0.0171. The van der Waals surface area contributed by atoms with E-state index in [1.54, 1.807) is 18.2 Å². The van der Waals surface area contributed by atoms with Gasteiger partial charge in [0.15, 0.2) is 14.6 Å². The highest BCUT2D eigenvalue weighted by Crippen LogP contribution is 2.65. The van der Waals surface area contributed by atoms with Crippen LogP contribution in [0.4, 0.5) is 0 Å². The Hall–Kier alpha value is -1.11. The Morgan fingerprint density at radius 3 is 2.54 bits per heavy atom. The number of hydrogen-bond donors (Lipinski definition) is 1. The Balaban J connectivity index is 1.88. The van der Waals surface area contributed by atoms with Gasteiger partial charge in [-0.15, -0.1) is 11.6 Å². The molecule has 5 nitrogen and oxygen atoms in total. The largest absolute Gasteiger partial charge is 0.369 e. The molecule has 1 aliphatic heterocycles. The standard InChI is InChI=1S/C17H20ClNO4S/c1-9(2)19-16(20)17(24(21,22)10-6-4-3-5-7-10)12-8-11(15(17)18)13-14(12)23-13/h3-7,9,11-15H,8H2,1-2H3,(H,19,20)/t11-,12+,13-,14-,15+,17-/m1/s1. The molecule has 0 unspecified atom stereocenters. The molecule has 2 saturated carbocycles. The molecule has 2 bridgehead atoms. The van der Waals surface area contributed by atoms with E-state index in [-0.39, 0.29) is 35.0 Å². The third-order valence-corrected chi connectivity index (χ3v) is 8.84. The molecule has 3 aliphatic rings. The van der Waals surface area contributed by atoms with Gasteiger partial charge in [-0.05, 0) is 32.4 Å². The predicted octanol–water partition coefficient (Wildman–Crippen LogP) is 1.75. The highest BCUT2D eigenvalue weighted by Gasteiger charge is 2.79. The lowest BCUT2D eigenvalue weighted by molar-refractivity contribution is -0.125. The van der Waals surface area contributed by atoms with Gasteiger partial charge in [-0.2, -0.15) is 0 Å². The molecular formula is C17H20ClNO4S. The molecule has 1 amide bonds. The maximum absolute atomic E-state index is 13.5. The van der Waals surface area contributed by atoms with E-state index in [4.69, 9.17) is 16.3 Å². The number of sulfone groups is 1. The second-order valence-electron chi connectivity index (χ2n) is 7.21. The first-order valence-electron chi connectivity index (χ1n) is 8.22. The number of benzene rings is 1. The molecule has 1 heterocycles. The van der Waals surface area contributed by atoms with Crippen LogP contribution in [-0.4, -0.2) is 42.7 Å². The Morgan fingerprint density at radius 2 is 1.96 bits per heavy atom. The van der Waals surface area contributed by atoms with E-state index in [1.807, 2.05) is 13.8 Å². The van der Waals surface area contributed by atoms with Crippen molar-refractivity contribution in [1.29, 1.82) is 0 Å². The highest BCUT2D eigenvalue weighted by atomic mass is 35.5. The Labute approximate surface area is 146 Å². The molecule has 1 aromatic carbocycles. The van der Waals surface area contributed by atoms with Gasteiger partial charge in [0, 0.05) is 17.9 Å². The van der Waals surface area contributed by atoms with Crippen molar-refractivity contribution >= 4 is 27.3 Å². The first kappa shape index (κ1) is 16.4. The number of hydrogen-bond acceptors (Lipinski definition) is 4. The van der Waals surface area contributed by atoms with Gasteiger partial charge in [-0.1, -0.05) is 18.2 Å². The quantitative estimate of drug-likeness (QED) is 0.648. The molecule has 1 saturated heterocycles. The van der Waals surface area contributed by atoms with Crippen molar-refractivity contribution in [2.75, 3.05) is 0 Å². The number of carbonyl (C=O) groups excluding carboxylic acids is 1. The van der Waals surface area contributed by atoms with E-state index in [1.165, 1.54) is 12.1 Å². The summed E-state index contributed by atoms with van der Waals surface area (Å²) in [6.45, 7) is 3.63. The Bertz CT molecular complexity index is 781. The zero-order valence-corrected chi connectivity index (χ0v) is 15.0. The van der Waals surface area contributed by atoms with Crippen LogP contribution >= 0.6 is 11.6 Å². The van der Waals surface area contributed by atoms with E-state index >= 15 is 0 Å². The average Bonchev–Trinajstić information content (AvgIpc) is 3.16. The van der Waals surface area contributed by atoms with Gasteiger partial charge in [0.25, 0.3) is 0 Å². The van der Waals surface area contributed by atoms with Gasteiger partial charge in [0.2, 0.25) is 5.91 Å². The molecular weight excluding hydrogens is 350 g/mol. The third kappa shape index (κ3) is 1.90. The van der Waals surface area contributed by atoms with Gasteiger partial charge < -0.3 is 10.1 Å². The molecule has 130 valence electrons. The van der Waals surface area contributed by atoms with Crippen LogP contribution in [0.15, 0.2) is 35.2 Å². The summed E-state index contributed by atoms with van der Waals surface area (Å²) in [5, 5.41) is 2.02. The SMILES string of the molecule is CC(C)NC(=O)[C@]1(S(=O)(=O)c2ccccc2)[C@@H](Cl)[C@@H]2C[C@H]1[C@H]1O[C@H]21. The topological polar surface area (TPSA) is 75.8 Å². The first-order valence-corrected chi connectivity index (χ1v) is 10.1. The summed E-state index contributed by atoms with van der Waals surface area (Å²) in [7, 11) is -3.96. The minimum Gasteiger partial charge on any atom is -0.369 e. The summed E-state index contributed by atoms with van der Waals surface area (Å²) in [6, 6.07) is 7.96. The van der Waals surface area contributed by atoms with Crippen molar-refractivity contribution in [3.05, 3.63) is 30.3 Å². The lowest BCUT2D eigenvalue weighted by atomic mass is 9.86. The van der Waals surface area contributed by atoms with E-state index in [9.17, 15) is 13.2 Å². The highest BCUT2D eigenvalue weighted by molar-refractivity contribution is 7.93. The van der Waals surface area contributed by atoms with E-state index in [0.717, 1.165) is 0 Å². The fraction of sp³-hybridized carbons (Fsp3) is 0.588. The number of carbonyl (C=O) groups is 1. The minimum atomic E-state index is -3.96. The van der Waals surface area contributed by atoms with Gasteiger partial charge in [0.1, 0.15) is 0 Å². The summed E-state index contributed by atoms with van der Waals surface area (Å²) in [6.07, 6.45) is 0.478. The molecule has 4 rings (SSSR count). The first-order chi connectivity index (χ1) is 11.3. The van der Waals surface area contributed by atoms with Crippen molar-refractivity contribution in [1.82, 2.24) is 5.32 Å². The van der Waals surface area contributed by atoms with Crippen LogP contribution in [0.1, 0.15) is 20.3 Å². The smallest absolute Gasteiger partial charge is 0.244 e. The molecule has 7 heteroatoms. The van der Waals surface area contributed by atoms with E-state index in [2.05, 4.69) is 5.32 Å². The summed E-state index contributed by atoms with van der Waals surface area (Å²) in [5.41, 5.74) is 0. The molecule has 6 atom stereocenters. The van der Waals surface area contributed by atoms with Crippen LogP contribution in [0.3, 0.4) is 0 Å². The number of fused-ring (bicyclic) bond motifs is 5. The van der Waals surface area contributed by atoms with Crippen molar-refractivity contribution in [2.45, 2.75) is 53.5 Å². The van der Waals surface area contributed by atoms with Crippen LogP contribution in [0.25, 0.3) is 0 Å². The van der Waals surface area contributed by atoms with Crippen LogP contribution in [0, 0.1) is 11.8 Å². The van der Waals surface area contributed by atoms with Crippen LogP contribution in [0.2, 0.25) is 0 Å². The summed E-state index contributed by atoms with van der Waals surface area (Å²) in [4.78, 5) is 13.3. The maximum Gasteiger partial charge on any atom is 0.244 e. The molecule has 0 spiro atoms. The molecule has 2 aliphatic carbocycles. The zero-order valence-electron chi connectivity index (χ0n) is 13.5. The van der Waals surface area contributed by atoms with Gasteiger partial charge in [-0.25, -0.2) is 8.42 Å². The van der Waals surface area contributed by atoms with Crippen LogP contribution in [-0.2, 0) is 19.4 Å². The number of ether oxygens (including phenoxy) is 1. The van der Waals surface area contributed by atoms with Gasteiger partial charge in [0.05, 0.1) is 22.5 Å². The summed E-state index contributed by atoms with van der Waals surface area (Å²) >= 11 is 6.65. The van der Waals surface area contributed by atoms with Gasteiger partial charge >= 0.3 is 0 Å². The normalized spacial score (nSPS) is 39.8. The monoisotopic (exact) mass is 369 g/mol. The fourth-order valence-electron chi connectivity index (χ4n) is 4.53. The number of halogens is 1. The molecule has 0 aromatic heterocycles.